The summed E-state index contributed by atoms with van der Waals surface area (Å²) >= 11 is 0. The molecule has 3 aliphatic rings. The highest BCUT2D eigenvalue weighted by atomic mass is 19.4. The van der Waals surface area contributed by atoms with Crippen LogP contribution >= 0.6 is 0 Å². The molecule has 3 atom stereocenters. The molecular formula is C21H27F3N4O3. The smallest absolute Gasteiger partial charge is 0.406 e. The molecule has 1 aromatic rings. The van der Waals surface area contributed by atoms with E-state index in [2.05, 4.69) is 25.6 Å². The summed E-state index contributed by atoms with van der Waals surface area (Å²) in [5, 5.41) is 9.35. The minimum absolute atomic E-state index is 0.0108. The standard InChI is InChI=1S/C21H27F3N4O3/c22-21(23,24)31-17-6-1-13(2-7-17)10-25-15-9-18-20(30)26-11-16(28(18)12-15)5-8-19(29)27-14-3-4-14/h1-2,6-7,14-16,18,25H,3-5,8-12H2,(H,26,30)(H,27,29)/t15-,16-,18-/m1/s1. The second-order valence-corrected chi connectivity index (χ2v) is 8.50. The van der Waals surface area contributed by atoms with Crippen LogP contribution in [-0.4, -0.2) is 60.3 Å². The number of piperazine rings is 1. The number of ether oxygens (including phenoxy) is 1. The van der Waals surface area contributed by atoms with Crippen molar-refractivity contribution in [1.82, 2.24) is 20.9 Å². The molecule has 0 radical (unpaired) electrons. The van der Waals surface area contributed by atoms with Crippen LogP contribution in [0.1, 0.15) is 37.7 Å². The van der Waals surface area contributed by atoms with Crippen LogP contribution in [0.2, 0.25) is 0 Å². The third kappa shape index (κ3) is 6.10. The number of nitrogens with one attached hydrogen (secondary N) is 3. The van der Waals surface area contributed by atoms with E-state index in [4.69, 9.17) is 0 Å². The molecule has 31 heavy (non-hydrogen) atoms. The number of benzene rings is 1. The Kier molecular flexibility index (Phi) is 6.38. The lowest BCUT2D eigenvalue weighted by atomic mass is 10.0. The van der Waals surface area contributed by atoms with Gasteiger partial charge in [-0.1, -0.05) is 12.1 Å². The quantitative estimate of drug-likeness (QED) is 0.573. The maximum absolute atomic E-state index is 12.3. The molecule has 3 N–H and O–H groups in total. The van der Waals surface area contributed by atoms with Crippen molar-refractivity contribution in [1.29, 1.82) is 0 Å². The zero-order valence-electron chi connectivity index (χ0n) is 17.1. The van der Waals surface area contributed by atoms with Gasteiger partial charge in [-0.2, -0.15) is 0 Å². The summed E-state index contributed by atoms with van der Waals surface area (Å²) in [7, 11) is 0. The Hall–Kier alpha value is -2.33. The summed E-state index contributed by atoms with van der Waals surface area (Å²) < 4.78 is 40.7. The molecular weight excluding hydrogens is 413 g/mol. The molecule has 10 heteroatoms. The Balaban J connectivity index is 1.26. The second-order valence-electron chi connectivity index (χ2n) is 8.50. The van der Waals surface area contributed by atoms with Gasteiger partial charge in [-0.15, -0.1) is 13.2 Å². The van der Waals surface area contributed by atoms with Crippen LogP contribution in [0.25, 0.3) is 0 Å². The number of halogens is 3. The molecule has 0 unspecified atom stereocenters. The number of carbonyl (C=O) groups excluding carboxylic acids is 2. The Morgan fingerprint density at radius 3 is 2.61 bits per heavy atom. The number of amides is 2. The first-order valence-electron chi connectivity index (χ1n) is 10.7. The van der Waals surface area contributed by atoms with Crippen molar-refractivity contribution in [3.8, 4) is 5.75 Å². The molecule has 0 aromatic heterocycles. The molecule has 170 valence electrons. The number of carbonyl (C=O) groups is 2. The summed E-state index contributed by atoms with van der Waals surface area (Å²) in [4.78, 5) is 26.5. The van der Waals surface area contributed by atoms with Gasteiger partial charge in [0.2, 0.25) is 11.8 Å². The van der Waals surface area contributed by atoms with E-state index in [9.17, 15) is 22.8 Å². The van der Waals surface area contributed by atoms with Gasteiger partial charge in [-0.25, -0.2) is 0 Å². The molecule has 3 fully saturated rings. The summed E-state index contributed by atoms with van der Waals surface area (Å²) in [6, 6.07) is 6.10. The lowest BCUT2D eigenvalue weighted by Crippen LogP contribution is -2.58. The molecule has 1 aliphatic carbocycles. The summed E-state index contributed by atoms with van der Waals surface area (Å²) in [6.07, 6.45) is -0.779. The van der Waals surface area contributed by atoms with E-state index in [1.807, 2.05) is 0 Å². The third-order valence-corrected chi connectivity index (χ3v) is 6.02. The number of fused-ring (bicyclic) bond motifs is 1. The van der Waals surface area contributed by atoms with Crippen LogP contribution in [0.4, 0.5) is 13.2 Å². The van der Waals surface area contributed by atoms with Crippen molar-refractivity contribution in [2.75, 3.05) is 13.1 Å². The first-order valence-corrected chi connectivity index (χ1v) is 10.7. The molecule has 0 spiro atoms. The van der Waals surface area contributed by atoms with Gasteiger partial charge in [-0.05, 0) is 43.4 Å². The topological polar surface area (TPSA) is 82.7 Å². The van der Waals surface area contributed by atoms with Crippen molar-refractivity contribution in [3.63, 3.8) is 0 Å². The van der Waals surface area contributed by atoms with Gasteiger partial charge in [0.15, 0.2) is 0 Å². The van der Waals surface area contributed by atoms with E-state index >= 15 is 0 Å². The molecule has 7 nitrogen and oxygen atoms in total. The van der Waals surface area contributed by atoms with E-state index < -0.39 is 6.36 Å². The van der Waals surface area contributed by atoms with E-state index in [1.165, 1.54) is 12.1 Å². The number of nitrogens with zero attached hydrogens (tertiary/aromatic N) is 1. The van der Waals surface area contributed by atoms with Gasteiger partial charge < -0.3 is 20.7 Å². The van der Waals surface area contributed by atoms with E-state index in [1.54, 1.807) is 12.1 Å². The minimum Gasteiger partial charge on any atom is -0.406 e. The molecule has 2 aliphatic heterocycles. The number of rotatable bonds is 8. The van der Waals surface area contributed by atoms with Gasteiger partial charge in [0.1, 0.15) is 5.75 Å². The second kappa shape index (κ2) is 9.04. The predicted molar refractivity (Wildman–Crippen MR) is 106 cm³/mol. The van der Waals surface area contributed by atoms with Gasteiger partial charge in [0, 0.05) is 44.2 Å². The van der Waals surface area contributed by atoms with Crippen LogP contribution in [0, 0.1) is 0 Å². The normalized spacial score (nSPS) is 26.3. The van der Waals surface area contributed by atoms with Gasteiger partial charge in [0.05, 0.1) is 6.04 Å². The third-order valence-electron chi connectivity index (χ3n) is 6.02. The maximum atomic E-state index is 12.3. The fourth-order valence-electron chi connectivity index (χ4n) is 4.29. The van der Waals surface area contributed by atoms with Crippen LogP contribution in [0.15, 0.2) is 24.3 Å². The number of hydrogen-bond acceptors (Lipinski definition) is 5. The van der Waals surface area contributed by atoms with Crippen LogP contribution < -0.4 is 20.7 Å². The molecule has 2 saturated heterocycles. The van der Waals surface area contributed by atoms with Gasteiger partial charge in [-0.3, -0.25) is 14.5 Å². The van der Waals surface area contributed by atoms with E-state index in [0.29, 0.717) is 44.9 Å². The summed E-state index contributed by atoms with van der Waals surface area (Å²) in [5.41, 5.74) is 0.831. The predicted octanol–water partition coefficient (Wildman–Crippen LogP) is 1.67. The maximum Gasteiger partial charge on any atom is 0.573 e. The average molecular weight is 440 g/mol. The Bertz CT molecular complexity index is 798. The average Bonchev–Trinajstić information content (AvgIpc) is 3.40. The number of hydrogen-bond donors (Lipinski definition) is 3. The first kappa shape index (κ1) is 21.9. The first-order chi connectivity index (χ1) is 14.8. The SMILES string of the molecule is O=C(CC[C@@H]1CNC(=O)[C@H]2C[C@@H](NCc3ccc(OC(F)(F)F)cc3)CN12)NC1CC1. The zero-order chi connectivity index (χ0) is 22.0. The summed E-state index contributed by atoms with van der Waals surface area (Å²) in [6.45, 7) is 1.72. The highest BCUT2D eigenvalue weighted by molar-refractivity contribution is 5.83. The van der Waals surface area contributed by atoms with Crippen molar-refractivity contribution < 1.29 is 27.5 Å². The summed E-state index contributed by atoms with van der Waals surface area (Å²) in [5.74, 6) is -0.168. The van der Waals surface area contributed by atoms with Crippen LogP contribution in [-0.2, 0) is 16.1 Å². The highest BCUT2D eigenvalue weighted by Crippen LogP contribution is 2.27. The minimum atomic E-state index is -4.70. The van der Waals surface area contributed by atoms with Crippen LogP contribution in [0.3, 0.4) is 0 Å². The van der Waals surface area contributed by atoms with Gasteiger partial charge >= 0.3 is 6.36 Å². The van der Waals surface area contributed by atoms with E-state index in [-0.39, 0.29) is 35.7 Å². The van der Waals surface area contributed by atoms with Gasteiger partial charge in [0.25, 0.3) is 0 Å². The Labute approximate surface area is 178 Å². The Morgan fingerprint density at radius 2 is 1.94 bits per heavy atom. The van der Waals surface area contributed by atoms with Crippen molar-refractivity contribution in [2.45, 2.75) is 69.2 Å². The molecule has 2 amide bonds. The fraction of sp³-hybridized carbons (Fsp3) is 0.619. The Morgan fingerprint density at radius 1 is 1.19 bits per heavy atom. The largest absolute Gasteiger partial charge is 0.573 e. The lowest BCUT2D eigenvalue weighted by Gasteiger charge is -2.37. The van der Waals surface area contributed by atoms with Crippen molar-refractivity contribution >= 4 is 11.8 Å². The molecule has 0 bridgehead atoms. The van der Waals surface area contributed by atoms with Crippen molar-refractivity contribution in [2.24, 2.45) is 0 Å². The van der Waals surface area contributed by atoms with Crippen LogP contribution in [0.5, 0.6) is 5.75 Å². The molecule has 4 rings (SSSR count). The molecule has 1 aromatic carbocycles. The fourth-order valence-corrected chi connectivity index (χ4v) is 4.29. The molecule has 1 saturated carbocycles. The molecule has 2 heterocycles. The van der Waals surface area contributed by atoms with Crippen molar-refractivity contribution in [3.05, 3.63) is 29.8 Å². The highest BCUT2D eigenvalue weighted by Gasteiger charge is 2.43. The monoisotopic (exact) mass is 440 g/mol. The van der Waals surface area contributed by atoms with E-state index in [0.717, 1.165) is 18.4 Å². The zero-order valence-corrected chi connectivity index (χ0v) is 17.1. The lowest BCUT2D eigenvalue weighted by molar-refractivity contribution is -0.274. The number of alkyl halides is 3.